The molecule has 7 nitrogen and oxygen atoms in total. The largest absolute Gasteiger partial charge is 0.399 e. The second-order valence-electron chi connectivity index (χ2n) is 9.89. The van der Waals surface area contributed by atoms with Gasteiger partial charge in [-0.15, -0.1) is 0 Å². The molecule has 3 aromatic carbocycles. The van der Waals surface area contributed by atoms with Crippen molar-refractivity contribution in [2.75, 3.05) is 37.2 Å². The van der Waals surface area contributed by atoms with E-state index in [1.807, 2.05) is 44.2 Å². The highest BCUT2D eigenvalue weighted by molar-refractivity contribution is 7.89. The summed E-state index contributed by atoms with van der Waals surface area (Å²) in [6, 6.07) is 21.8. The molecule has 0 spiro atoms. The molecule has 0 aliphatic heterocycles. The lowest BCUT2D eigenvalue weighted by molar-refractivity contribution is 0.102. The zero-order valence-corrected chi connectivity index (χ0v) is 22.9. The summed E-state index contributed by atoms with van der Waals surface area (Å²) in [7, 11) is -3.82. The van der Waals surface area contributed by atoms with Crippen LogP contribution in [-0.2, 0) is 16.4 Å². The third-order valence-corrected chi connectivity index (χ3v) is 8.02. The number of halogens is 1. The number of nitrogens with one attached hydrogen (secondary N) is 2. The minimum Gasteiger partial charge on any atom is -0.399 e. The molecule has 0 radical (unpaired) electrons. The van der Waals surface area contributed by atoms with Crippen molar-refractivity contribution in [3.63, 3.8) is 0 Å². The predicted molar refractivity (Wildman–Crippen MR) is 152 cm³/mol. The Balaban J connectivity index is 1.68. The highest BCUT2D eigenvalue weighted by atomic mass is 32.2. The molecule has 0 aliphatic rings. The van der Waals surface area contributed by atoms with Crippen molar-refractivity contribution in [1.82, 2.24) is 9.62 Å². The molecule has 0 amide bonds. The predicted octanol–water partition coefficient (Wildman–Crippen LogP) is 4.12. The van der Waals surface area contributed by atoms with Crippen molar-refractivity contribution >= 4 is 21.4 Å². The molecule has 0 fully saturated rings. The Labute approximate surface area is 225 Å². The number of aliphatic hydroxyl groups is 1. The van der Waals surface area contributed by atoms with Gasteiger partial charge in [-0.1, -0.05) is 44.2 Å². The molecule has 2 atom stereocenters. The monoisotopic (exact) mass is 542 g/mol. The van der Waals surface area contributed by atoms with Crippen LogP contribution in [0.15, 0.2) is 83.8 Å². The molecule has 0 aliphatic carbocycles. The lowest BCUT2D eigenvalue weighted by Gasteiger charge is -2.31. The van der Waals surface area contributed by atoms with Gasteiger partial charge in [-0.05, 0) is 79.4 Å². The molecule has 0 bridgehead atoms. The van der Waals surface area contributed by atoms with Gasteiger partial charge < -0.3 is 21.5 Å². The second kappa shape index (κ2) is 14.2. The van der Waals surface area contributed by atoms with E-state index in [2.05, 4.69) is 10.6 Å². The first-order chi connectivity index (χ1) is 18.1. The summed E-state index contributed by atoms with van der Waals surface area (Å²) in [6.45, 7) is 5.42. The summed E-state index contributed by atoms with van der Waals surface area (Å²) in [5.41, 5.74) is 8.12. The van der Waals surface area contributed by atoms with E-state index in [1.165, 1.54) is 28.6 Å². The summed E-state index contributed by atoms with van der Waals surface area (Å²) in [5, 5.41) is 18.0. The molecule has 3 rings (SSSR count). The number of sulfonamides is 1. The summed E-state index contributed by atoms with van der Waals surface area (Å²) in [5.74, 6) is -0.205. The number of hydrogen-bond donors (Lipinski definition) is 4. The van der Waals surface area contributed by atoms with Crippen LogP contribution in [0.1, 0.15) is 25.8 Å². The fourth-order valence-corrected chi connectivity index (χ4v) is 5.81. The maximum Gasteiger partial charge on any atom is 0.243 e. The molecule has 38 heavy (non-hydrogen) atoms. The van der Waals surface area contributed by atoms with E-state index in [4.69, 9.17) is 5.73 Å². The highest BCUT2D eigenvalue weighted by Crippen LogP contribution is 2.20. The zero-order valence-electron chi connectivity index (χ0n) is 22.1. The van der Waals surface area contributed by atoms with Crippen LogP contribution in [0.4, 0.5) is 15.8 Å². The molecular formula is C29H39FN4O3S. The molecule has 3 aromatic rings. The number of hydrogen-bond acceptors (Lipinski definition) is 6. The van der Waals surface area contributed by atoms with Gasteiger partial charge in [0.15, 0.2) is 0 Å². The van der Waals surface area contributed by atoms with E-state index in [0.29, 0.717) is 25.2 Å². The average Bonchev–Trinajstić information content (AvgIpc) is 2.89. The lowest BCUT2D eigenvalue weighted by atomic mass is 10.0. The van der Waals surface area contributed by atoms with Crippen LogP contribution >= 0.6 is 0 Å². The van der Waals surface area contributed by atoms with Gasteiger partial charge in [0.2, 0.25) is 10.0 Å². The minimum absolute atomic E-state index is 0.0385. The Morgan fingerprint density at radius 3 is 2.21 bits per heavy atom. The summed E-state index contributed by atoms with van der Waals surface area (Å²) >= 11 is 0. The average molecular weight is 543 g/mol. The Hall–Kier alpha value is -2.98. The number of rotatable bonds is 15. The van der Waals surface area contributed by atoms with Gasteiger partial charge >= 0.3 is 0 Å². The lowest BCUT2D eigenvalue weighted by Crippen LogP contribution is -2.49. The Kier molecular flexibility index (Phi) is 11.1. The topological polar surface area (TPSA) is 108 Å². The maximum atomic E-state index is 13.5. The number of nitrogen functional groups attached to an aromatic ring is 1. The number of anilines is 2. The number of aliphatic hydroxyl groups excluding tert-OH is 1. The van der Waals surface area contributed by atoms with Crippen LogP contribution in [0.5, 0.6) is 0 Å². The number of benzene rings is 3. The van der Waals surface area contributed by atoms with Gasteiger partial charge in [-0.2, -0.15) is 4.31 Å². The number of nitrogens with two attached hydrogens (primary N) is 1. The summed E-state index contributed by atoms with van der Waals surface area (Å²) < 4.78 is 41.4. The van der Waals surface area contributed by atoms with Crippen molar-refractivity contribution in [2.24, 2.45) is 5.92 Å². The maximum absolute atomic E-state index is 13.5. The third-order valence-electron chi connectivity index (χ3n) is 6.17. The molecule has 0 heterocycles. The molecule has 206 valence electrons. The Morgan fingerprint density at radius 2 is 1.58 bits per heavy atom. The fourth-order valence-electron chi connectivity index (χ4n) is 4.19. The standard InChI is InChI=1S/C29H39FN4O3S/c1-22(2)20-34(38(36,37)27-15-11-25(31)12-16-27)21-29(35)28(19-23-7-4-3-5-8-23)33-18-6-17-32-26-13-9-24(30)10-14-26/h3-5,7-16,22,28-29,32-33,35H,6,17-21,31H2,1-2H3/t28-,29+/m0/s1. The van der Waals surface area contributed by atoms with E-state index in [-0.39, 0.29) is 35.8 Å². The smallest absolute Gasteiger partial charge is 0.243 e. The first-order valence-electron chi connectivity index (χ1n) is 13.0. The molecule has 0 aromatic heterocycles. The van der Waals surface area contributed by atoms with Crippen molar-refractivity contribution in [1.29, 1.82) is 0 Å². The Bertz CT molecular complexity index is 1210. The zero-order chi connectivity index (χ0) is 27.5. The van der Waals surface area contributed by atoms with Crippen LogP contribution in [0, 0.1) is 11.7 Å². The van der Waals surface area contributed by atoms with Crippen LogP contribution in [-0.4, -0.2) is 56.2 Å². The molecular weight excluding hydrogens is 503 g/mol. The first kappa shape index (κ1) is 29.6. The first-order valence-corrected chi connectivity index (χ1v) is 14.4. The van der Waals surface area contributed by atoms with Crippen molar-refractivity contribution in [2.45, 2.75) is 43.7 Å². The molecule has 5 N–H and O–H groups in total. The Morgan fingerprint density at radius 1 is 0.921 bits per heavy atom. The van der Waals surface area contributed by atoms with E-state index in [9.17, 15) is 17.9 Å². The SMILES string of the molecule is CC(C)CN(C[C@@H](O)[C@H](Cc1ccccc1)NCCCNc1ccc(F)cc1)S(=O)(=O)c1ccc(N)cc1. The van der Waals surface area contributed by atoms with E-state index in [1.54, 1.807) is 24.3 Å². The van der Waals surface area contributed by atoms with Crippen LogP contribution in [0.3, 0.4) is 0 Å². The summed E-state index contributed by atoms with van der Waals surface area (Å²) in [4.78, 5) is 0.152. The van der Waals surface area contributed by atoms with Gasteiger partial charge in [-0.3, -0.25) is 0 Å². The minimum atomic E-state index is -3.82. The highest BCUT2D eigenvalue weighted by Gasteiger charge is 2.30. The summed E-state index contributed by atoms with van der Waals surface area (Å²) in [6.07, 6.45) is 0.363. The van der Waals surface area contributed by atoms with E-state index in [0.717, 1.165) is 17.7 Å². The number of nitrogens with zero attached hydrogens (tertiary/aromatic N) is 1. The van der Waals surface area contributed by atoms with Gasteiger partial charge in [0.25, 0.3) is 0 Å². The molecule has 9 heteroatoms. The van der Waals surface area contributed by atoms with Gasteiger partial charge in [0.1, 0.15) is 5.82 Å². The molecule has 0 saturated carbocycles. The normalized spacial score (nSPS) is 13.5. The molecule has 0 unspecified atom stereocenters. The van der Waals surface area contributed by atoms with E-state index < -0.39 is 16.1 Å². The third kappa shape index (κ3) is 9.09. The van der Waals surface area contributed by atoms with Crippen molar-refractivity contribution < 1.29 is 17.9 Å². The van der Waals surface area contributed by atoms with E-state index >= 15 is 0 Å². The fraction of sp³-hybridized carbons (Fsp3) is 0.379. The van der Waals surface area contributed by atoms with Gasteiger partial charge in [0, 0.05) is 37.1 Å². The van der Waals surface area contributed by atoms with Gasteiger partial charge in [-0.25, -0.2) is 12.8 Å². The van der Waals surface area contributed by atoms with Crippen LogP contribution < -0.4 is 16.4 Å². The van der Waals surface area contributed by atoms with Gasteiger partial charge in [0.05, 0.1) is 11.0 Å². The van der Waals surface area contributed by atoms with Crippen molar-refractivity contribution in [3.8, 4) is 0 Å². The molecule has 0 saturated heterocycles. The quantitative estimate of drug-likeness (QED) is 0.170. The van der Waals surface area contributed by atoms with Crippen molar-refractivity contribution in [3.05, 3.63) is 90.2 Å². The van der Waals surface area contributed by atoms with Crippen LogP contribution in [0.2, 0.25) is 0 Å². The second-order valence-corrected chi connectivity index (χ2v) is 11.8. The van der Waals surface area contributed by atoms with Crippen LogP contribution in [0.25, 0.3) is 0 Å².